The van der Waals surface area contributed by atoms with E-state index in [1.807, 2.05) is 0 Å². The van der Waals surface area contributed by atoms with E-state index in [9.17, 15) is 4.79 Å². The maximum absolute atomic E-state index is 12.4. The van der Waals surface area contributed by atoms with Gasteiger partial charge < -0.3 is 10.2 Å². The lowest BCUT2D eigenvalue weighted by Crippen LogP contribution is -2.54. The Morgan fingerprint density at radius 1 is 1.33 bits per heavy atom. The Labute approximate surface area is 111 Å². The molecule has 1 amide bonds. The summed E-state index contributed by atoms with van der Waals surface area (Å²) in [4.78, 5) is 14.6. The van der Waals surface area contributed by atoms with E-state index < -0.39 is 0 Å². The molecule has 1 atom stereocenters. The molecule has 104 valence electrons. The summed E-state index contributed by atoms with van der Waals surface area (Å²) < 4.78 is 0. The predicted octanol–water partition coefficient (Wildman–Crippen LogP) is 2.56. The summed E-state index contributed by atoms with van der Waals surface area (Å²) >= 11 is 0. The second-order valence-electron chi connectivity index (χ2n) is 6.12. The van der Waals surface area contributed by atoms with E-state index in [1.165, 1.54) is 25.7 Å². The molecule has 0 aromatic carbocycles. The van der Waals surface area contributed by atoms with E-state index in [0.29, 0.717) is 11.3 Å². The summed E-state index contributed by atoms with van der Waals surface area (Å²) in [5.41, 5.74) is 0.461. The normalized spacial score (nSPS) is 27.1. The monoisotopic (exact) mass is 252 g/mol. The number of nitrogens with zero attached hydrogens (tertiary/aromatic N) is 1. The van der Waals surface area contributed by atoms with Crippen molar-refractivity contribution in [1.29, 1.82) is 0 Å². The average molecular weight is 252 g/mol. The van der Waals surface area contributed by atoms with Crippen molar-refractivity contribution in [3.8, 4) is 0 Å². The van der Waals surface area contributed by atoms with Gasteiger partial charge in [-0.05, 0) is 50.5 Å². The lowest BCUT2D eigenvalue weighted by molar-refractivity contribution is -0.139. The Morgan fingerprint density at radius 2 is 2.11 bits per heavy atom. The fraction of sp³-hybridized carbons (Fsp3) is 0.933. The summed E-state index contributed by atoms with van der Waals surface area (Å²) in [6, 6.07) is 0.0904. The zero-order valence-corrected chi connectivity index (χ0v) is 12.0. The third-order valence-electron chi connectivity index (χ3n) is 4.86. The van der Waals surface area contributed by atoms with Gasteiger partial charge in [-0.2, -0.15) is 0 Å². The predicted molar refractivity (Wildman–Crippen MR) is 74.5 cm³/mol. The van der Waals surface area contributed by atoms with Crippen molar-refractivity contribution in [2.24, 2.45) is 5.41 Å². The molecule has 1 saturated heterocycles. The van der Waals surface area contributed by atoms with Gasteiger partial charge in [-0.15, -0.1) is 0 Å². The van der Waals surface area contributed by atoms with Crippen LogP contribution in [-0.2, 0) is 4.79 Å². The van der Waals surface area contributed by atoms with E-state index in [0.717, 1.165) is 38.9 Å². The lowest BCUT2D eigenvalue weighted by Gasteiger charge is -2.46. The maximum Gasteiger partial charge on any atom is 0.239 e. The van der Waals surface area contributed by atoms with Crippen LogP contribution in [0.25, 0.3) is 0 Å². The molecule has 1 N–H and O–H groups in total. The van der Waals surface area contributed by atoms with Gasteiger partial charge in [0, 0.05) is 13.1 Å². The molecule has 2 fully saturated rings. The minimum atomic E-state index is 0.0904. The van der Waals surface area contributed by atoms with Crippen LogP contribution in [0.5, 0.6) is 0 Å². The molecule has 1 heterocycles. The Morgan fingerprint density at radius 3 is 2.67 bits per heavy atom. The van der Waals surface area contributed by atoms with Gasteiger partial charge in [0.15, 0.2) is 0 Å². The van der Waals surface area contributed by atoms with Gasteiger partial charge in [-0.1, -0.05) is 20.3 Å². The first-order valence-corrected chi connectivity index (χ1v) is 7.73. The molecule has 0 bridgehead atoms. The Kier molecular flexibility index (Phi) is 4.66. The topological polar surface area (TPSA) is 32.3 Å². The van der Waals surface area contributed by atoms with Crippen molar-refractivity contribution in [2.75, 3.05) is 19.6 Å². The van der Waals surface area contributed by atoms with Crippen LogP contribution in [0.1, 0.15) is 58.8 Å². The second-order valence-corrected chi connectivity index (χ2v) is 6.12. The Balaban J connectivity index is 1.89. The van der Waals surface area contributed by atoms with Crippen molar-refractivity contribution in [2.45, 2.75) is 64.8 Å². The average Bonchev–Trinajstić information content (AvgIpc) is 2.34. The number of carbonyl (C=O) groups excluding carboxylic acids is 1. The number of amides is 1. The highest BCUT2D eigenvalue weighted by molar-refractivity contribution is 5.82. The van der Waals surface area contributed by atoms with Gasteiger partial charge in [0.05, 0.1) is 6.04 Å². The van der Waals surface area contributed by atoms with Crippen LogP contribution in [0, 0.1) is 5.41 Å². The van der Waals surface area contributed by atoms with Crippen LogP contribution in [0.15, 0.2) is 0 Å². The number of rotatable bonds is 6. The smallest absolute Gasteiger partial charge is 0.239 e. The molecule has 1 saturated carbocycles. The molecule has 2 rings (SSSR count). The Hall–Kier alpha value is -0.570. The van der Waals surface area contributed by atoms with Crippen LogP contribution in [0.2, 0.25) is 0 Å². The van der Waals surface area contributed by atoms with Crippen LogP contribution >= 0.6 is 0 Å². The zero-order valence-electron chi connectivity index (χ0n) is 12.0. The number of hydrogen-bond donors (Lipinski definition) is 1. The molecule has 0 aromatic heterocycles. The highest BCUT2D eigenvalue weighted by atomic mass is 16.2. The number of likely N-dealkylation sites (tertiary alicyclic amines) is 1. The molecule has 3 nitrogen and oxygen atoms in total. The number of nitrogens with one attached hydrogen (secondary N) is 1. The van der Waals surface area contributed by atoms with Crippen molar-refractivity contribution in [3.63, 3.8) is 0 Å². The summed E-state index contributed by atoms with van der Waals surface area (Å²) in [6.45, 7) is 7.37. The first-order valence-electron chi connectivity index (χ1n) is 7.73. The van der Waals surface area contributed by atoms with Gasteiger partial charge in [0.25, 0.3) is 0 Å². The molecular weight excluding hydrogens is 224 g/mol. The molecule has 2 aliphatic rings. The molecule has 18 heavy (non-hydrogen) atoms. The third kappa shape index (κ3) is 2.87. The zero-order chi connectivity index (χ0) is 13.0. The molecule has 3 heteroatoms. The van der Waals surface area contributed by atoms with E-state index >= 15 is 0 Å². The highest BCUT2D eigenvalue weighted by Gasteiger charge is 2.39. The fourth-order valence-electron chi connectivity index (χ4n) is 3.31. The van der Waals surface area contributed by atoms with Crippen LogP contribution < -0.4 is 5.32 Å². The molecule has 0 spiro atoms. The quantitative estimate of drug-likeness (QED) is 0.788. The number of hydrogen-bond acceptors (Lipinski definition) is 2. The van der Waals surface area contributed by atoms with Crippen molar-refractivity contribution in [1.82, 2.24) is 10.2 Å². The number of carbonyl (C=O) groups is 1. The molecular formula is C15H28N2O. The fourth-order valence-corrected chi connectivity index (χ4v) is 3.31. The summed E-state index contributed by atoms with van der Waals surface area (Å²) in [7, 11) is 0. The van der Waals surface area contributed by atoms with Crippen molar-refractivity contribution < 1.29 is 4.79 Å². The molecule has 1 unspecified atom stereocenters. The third-order valence-corrected chi connectivity index (χ3v) is 4.86. The molecule has 0 radical (unpaired) electrons. The number of piperidine rings is 1. The maximum atomic E-state index is 12.4. The standard InChI is InChI=1S/C15H28N2O/c1-3-10-16-13-7-5-11-17(14(13)18)12-15(4-2)8-6-9-15/h13,16H,3-12H2,1-2H3. The van der Waals surface area contributed by atoms with Gasteiger partial charge in [-0.3, -0.25) is 4.79 Å². The van der Waals surface area contributed by atoms with Crippen molar-refractivity contribution in [3.05, 3.63) is 0 Å². The van der Waals surface area contributed by atoms with Gasteiger partial charge >= 0.3 is 0 Å². The van der Waals surface area contributed by atoms with Gasteiger partial charge in [-0.25, -0.2) is 0 Å². The summed E-state index contributed by atoms with van der Waals surface area (Å²) in [5.74, 6) is 0.356. The van der Waals surface area contributed by atoms with Crippen LogP contribution in [-0.4, -0.2) is 36.5 Å². The highest BCUT2D eigenvalue weighted by Crippen LogP contribution is 2.44. The lowest BCUT2D eigenvalue weighted by atomic mass is 9.66. The second kappa shape index (κ2) is 6.05. The van der Waals surface area contributed by atoms with Crippen LogP contribution in [0.4, 0.5) is 0 Å². The summed E-state index contributed by atoms with van der Waals surface area (Å²) in [5, 5.41) is 3.40. The first kappa shape index (κ1) is 13.9. The van der Waals surface area contributed by atoms with E-state index in [4.69, 9.17) is 0 Å². The first-order chi connectivity index (χ1) is 8.71. The minimum absolute atomic E-state index is 0.0904. The van der Waals surface area contributed by atoms with Crippen LogP contribution in [0.3, 0.4) is 0 Å². The van der Waals surface area contributed by atoms with E-state index in [-0.39, 0.29) is 6.04 Å². The molecule has 1 aliphatic carbocycles. The van der Waals surface area contributed by atoms with E-state index in [1.54, 1.807) is 0 Å². The van der Waals surface area contributed by atoms with Gasteiger partial charge in [0.1, 0.15) is 0 Å². The van der Waals surface area contributed by atoms with Gasteiger partial charge in [0.2, 0.25) is 5.91 Å². The molecule has 1 aliphatic heterocycles. The SMILES string of the molecule is CCCNC1CCCN(CC2(CC)CCC2)C1=O. The molecule has 0 aromatic rings. The minimum Gasteiger partial charge on any atom is -0.341 e. The largest absolute Gasteiger partial charge is 0.341 e. The van der Waals surface area contributed by atoms with Crippen molar-refractivity contribution >= 4 is 5.91 Å². The van der Waals surface area contributed by atoms with E-state index in [2.05, 4.69) is 24.1 Å². The summed E-state index contributed by atoms with van der Waals surface area (Å²) in [6.07, 6.45) is 8.50. The Bertz CT molecular complexity index is 281.